The molecule has 0 N–H and O–H groups in total. The predicted molar refractivity (Wildman–Crippen MR) is 121 cm³/mol. The molecule has 0 bridgehead atoms. The third kappa shape index (κ3) is 18.2. The summed E-state index contributed by atoms with van der Waals surface area (Å²) in [6.07, 6.45) is 24.9. The van der Waals surface area contributed by atoms with Crippen molar-refractivity contribution >= 4 is 0 Å². The van der Waals surface area contributed by atoms with E-state index in [9.17, 15) is 0 Å². The van der Waals surface area contributed by atoms with Gasteiger partial charge < -0.3 is 21.5 Å². The van der Waals surface area contributed by atoms with Crippen LogP contribution in [0.2, 0.25) is 0 Å². The molecular weight excluding hydrogens is 394 g/mol. The Morgan fingerprint density at radius 3 is 0.889 bits per heavy atom. The second-order valence-corrected chi connectivity index (χ2v) is 8.67. The van der Waals surface area contributed by atoms with Crippen LogP contribution in [-0.2, 0) is 0 Å². The lowest BCUT2D eigenvalue weighted by Gasteiger charge is -2.35. The van der Waals surface area contributed by atoms with Crippen LogP contribution in [0.4, 0.5) is 0 Å². The van der Waals surface area contributed by atoms with Crippen LogP contribution in [-0.4, -0.2) is 30.7 Å². The molecule has 0 atom stereocenters. The molecule has 0 fully saturated rings. The topological polar surface area (TPSA) is 0 Å². The SMILES string of the molecule is CCCCCCCCCCCCCCCCCCC[N+](CC)(CC)CC.[Br-]. The van der Waals surface area contributed by atoms with Gasteiger partial charge in [0.05, 0.1) is 26.2 Å². The molecule has 0 saturated carbocycles. The van der Waals surface area contributed by atoms with Crippen molar-refractivity contribution in [2.75, 3.05) is 26.2 Å². The Labute approximate surface area is 184 Å². The van der Waals surface area contributed by atoms with E-state index >= 15 is 0 Å². The summed E-state index contributed by atoms with van der Waals surface area (Å²) in [5, 5.41) is 0. The van der Waals surface area contributed by atoms with Gasteiger partial charge in [-0.3, -0.25) is 0 Å². The van der Waals surface area contributed by atoms with Gasteiger partial charge in [0.1, 0.15) is 0 Å². The fourth-order valence-electron chi connectivity index (χ4n) is 4.32. The molecule has 0 rings (SSSR count). The quantitative estimate of drug-likeness (QED) is 0.160. The van der Waals surface area contributed by atoms with E-state index in [0.29, 0.717) is 0 Å². The van der Waals surface area contributed by atoms with Crippen molar-refractivity contribution in [1.29, 1.82) is 0 Å². The zero-order chi connectivity index (χ0) is 19.3. The van der Waals surface area contributed by atoms with E-state index < -0.39 is 0 Å². The number of hydrogen-bond donors (Lipinski definition) is 0. The number of rotatable bonds is 21. The van der Waals surface area contributed by atoms with Crippen LogP contribution in [0, 0.1) is 0 Å². The molecule has 0 spiro atoms. The van der Waals surface area contributed by atoms with Crippen molar-refractivity contribution in [3.63, 3.8) is 0 Å². The van der Waals surface area contributed by atoms with Crippen molar-refractivity contribution in [3.8, 4) is 0 Å². The van der Waals surface area contributed by atoms with Crippen LogP contribution in [0.15, 0.2) is 0 Å². The summed E-state index contributed by atoms with van der Waals surface area (Å²) in [5.74, 6) is 0. The minimum absolute atomic E-state index is 0. The first-order chi connectivity index (χ1) is 12.7. The maximum absolute atomic E-state index is 2.36. The Bertz CT molecular complexity index is 255. The molecule has 0 amide bonds. The Hall–Kier alpha value is 0.440. The number of quaternary nitrogens is 1. The Morgan fingerprint density at radius 1 is 0.370 bits per heavy atom. The second-order valence-electron chi connectivity index (χ2n) is 8.67. The van der Waals surface area contributed by atoms with Crippen molar-refractivity contribution in [2.45, 2.75) is 137 Å². The molecular formula is C25H54BrN. The van der Waals surface area contributed by atoms with E-state index in [1.165, 1.54) is 140 Å². The van der Waals surface area contributed by atoms with Crippen LogP contribution >= 0.6 is 0 Å². The van der Waals surface area contributed by atoms with Gasteiger partial charge in [-0.05, 0) is 33.6 Å². The molecule has 1 nitrogen and oxygen atoms in total. The largest absolute Gasteiger partial charge is 1.00 e. The summed E-state index contributed by atoms with van der Waals surface area (Å²) in [7, 11) is 0. The van der Waals surface area contributed by atoms with E-state index in [-0.39, 0.29) is 17.0 Å². The number of halogens is 1. The normalized spacial score (nSPS) is 11.6. The van der Waals surface area contributed by atoms with Gasteiger partial charge in [-0.2, -0.15) is 0 Å². The molecule has 0 saturated heterocycles. The summed E-state index contributed by atoms with van der Waals surface area (Å²) in [6.45, 7) is 14.7. The first kappa shape index (κ1) is 29.6. The summed E-state index contributed by atoms with van der Waals surface area (Å²) < 4.78 is 1.33. The second kappa shape index (κ2) is 22.7. The third-order valence-electron chi connectivity index (χ3n) is 6.75. The Balaban J connectivity index is 0. The van der Waals surface area contributed by atoms with Gasteiger partial charge in [0.15, 0.2) is 0 Å². The van der Waals surface area contributed by atoms with E-state index in [2.05, 4.69) is 27.7 Å². The lowest BCUT2D eigenvalue weighted by atomic mass is 10.0. The minimum Gasteiger partial charge on any atom is -1.00 e. The van der Waals surface area contributed by atoms with Crippen LogP contribution in [0.1, 0.15) is 137 Å². The Kier molecular flexibility index (Phi) is 24.9. The molecule has 166 valence electrons. The third-order valence-corrected chi connectivity index (χ3v) is 6.75. The van der Waals surface area contributed by atoms with Crippen molar-refractivity contribution in [3.05, 3.63) is 0 Å². The zero-order valence-corrected chi connectivity index (χ0v) is 21.3. The first-order valence-corrected chi connectivity index (χ1v) is 12.6. The molecule has 0 unspecified atom stereocenters. The summed E-state index contributed by atoms with van der Waals surface area (Å²) in [6, 6.07) is 0. The molecule has 27 heavy (non-hydrogen) atoms. The molecule has 0 aliphatic rings. The highest BCUT2D eigenvalue weighted by molar-refractivity contribution is 4.50. The highest BCUT2D eigenvalue weighted by atomic mass is 79.9. The van der Waals surface area contributed by atoms with Gasteiger partial charge in [-0.25, -0.2) is 0 Å². The maximum Gasteiger partial charge on any atom is 0.0786 e. The van der Waals surface area contributed by atoms with E-state index in [1.807, 2.05) is 0 Å². The highest BCUT2D eigenvalue weighted by Gasteiger charge is 2.19. The predicted octanol–water partition coefficient (Wildman–Crippen LogP) is 5.52. The van der Waals surface area contributed by atoms with Gasteiger partial charge in [0.25, 0.3) is 0 Å². The van der Waals surface area contributed by atoms with Crippen LogP contribution in [0.5, 0.6) is 0 Å². The number of hydrogen-bond acceptors (Lipinski definition) is 0. The number of unbranched alkanes of at least 4 members (excludes halogenated alkanes) is 16. The van der Waals surface area contributed by atoms with Crippen molar-refractivity contribution < 1.29 is 21.5 Å². The van der Waals surface area contributed by atoms with Crippen molar-refractivity contribution in [2.24, 2.45) is 0 Å². The smallest absolute Gasteiger partial charge is 0.0786 e. The molecule has 0 aliphatic carbocycles. The van der Waals surface area contributed by atoms with Crippen LogP contribution in [0.3, 0.4) is 0 Å². The van der Waals surface area contributed by atoms with Crippen LogP contribution in [0.25, 0.3) is 0 Å². The molecule has 0 heterocycles. The molecule has 2 heteroatoms. The summed E-state index contributed by atoms with van der Waals surface area (Å²) >= 11 is 0. The van der Waals surface area contributed by atoms with E-state index in [1.54, 1.807) is 0 Å². The molecule has 0 aromatic heterocycles. The minimum atomic E-state index is 0. The summed E-state index contributed by atoms with van der Waals surface area (Å²) in [5.41, 5.74) is 0. The first-order valence-electron chi connectivity index (χ1n) is 12.6. The lowest BCUT2D eigenvalue weighted by Crippen LogP contribution is -3.00. The lowest BCUT2D eigenvalue weighted by molar-refractivity contribution is -0.923. The molecule has 0 aliphatic heterocycles. The monoisotopic (exact) mass is 447 g/mol. The zero-order valence-electron chi connectivity index (χ0n) is 19.7. The van der Waals surface area contributed by atoms with Gasteiger partial charge >= 0.3 is 0 Å². The molecule has 0 aromatic carbocycles. The van der Waals surface area contributed by atoms with E-state index in [0.717, 1.165) is 0 Å². The standard InChI is InChI=1S/C25H54N.BrH/c1-5-9-10-11-12-13-14-15-16-17-18-19-20-21-22-23-24-25-26(6-2,7-3)8-4;/h5-25H2,1-4H3;1H/q+1;/p-1. The average Bonchev–Trinajstić information content (AvgIpc) is 2.68. The van der Waals surface area contributed by atoms with Crippen molar-refractivity contribution in [1.82, 2.24) is 0 Å². The van der Waals surface area contributed by atoms with E-state index in [4.69, 9.17) is 0 Å². The summed E-state index contributed by atoms with van der Waals surface area (Å²) in [4.78, 5) is 0. The highest BCUT2D eigenvalue weighted by Crippen LogP contribution is 2.15. The average molecular weight is 449 g/mol. The fraction of sp³-hybridized carbons (Fsp3) is 1.00. The van der Waals surface area contributed by atoms with Gasteiger partial charge in [-0.15, -0.1) is 0 Å². The van der Waals surface area contributed by atoms with Gasteiger partial charge in [0, 0.05) is 0 Å². The van der Waals surface area contributed by atoms with Crippen LogP contribution < -0.4 is 17.0 Å². The Morgan fingerprint density at radius 2 is 0.630 bits per heavy atom. The molecule has 0 aromatic rings. The maximum atomic E-state index is 2.36. The fourth-order valence-corrected chi connectivity index (χ4v) is 4.32. The van der Waals surface area contributed by atoms with Gasteiger partial charge in [0.2, 0.25) is 0 Å². The van der Waals surface area contributed by atoms with Gasteiger partial charge in [-0.1, -0.05) is 103 Å². The number of nitrogens with zero attached hydrogens (tertiary/aromatic N) is 1. The molecule has 0 radical (unpaired) electrons.